The molecule has 2 rings (SSSR count). The Morgan fingerprint density at radius 3 is 2.42 bits per heavy atom. The number of carbonyl (C=O) groups is 1. The van der Waals surface area contributed by atoms with Crippen LogP contribution >= 0.6 is 0 Å². The summed E-state index contributed by atoms with van der Waals surface area (Å²) in [5.41, 5.74) is -0.121. The molecule has 0 bridgehead atoms. The second-order valence-electron chi connectivity index (χ2n) is 7.20. The van der Waals surface area contributed by atoms with Crippen molar-refractivity contribution in [3.63, 3.8) is 0 Å². The lowest BCUT2D eigenvalue weighted by atomic mass is 9.61. The minimum absolute atomic E-state index is 0.121. The molecule has 0 aromatic rings. The molecule has 0 saturated heterocycles. The first kappa shape index (κ1) is 14.8. The van der Waals surface area contributed by atoms with Crippen LogP contribution in [0.25, 0.3) is 0 Å². The maximum atomic E-state index is 11.4. The van der Waals surface area contributed by atoms with Gasteiger partial charge in [0.2, 0.25) is 0 Å². The van der Waals surface area contributed by atoms with Crippen molar-refractivity contribution in [3.8, 4) is 0 Å². The van der Waals surface area contributed by atoms with Gasteiger partial charge in [-0.1, -0.05) is 27.7 Å². The van der Waals surface area contributed by atoms with E-state index in [9.17, 15) is 9.90 Å². The van der Waals surface area contributed by atoms with Crippen LogP contribution in [0.5, 0.6) is 0 Å². The summed E-state index contributed by atoms with van der Waals surface area (Å²) in [5, 5.41) is 13.2. The van der Waals surface area contributed by atoms with Gasteiger partial charge in [-0.3, -0.25) is 4.79 Å². The third-order valence-corrected chi connectivity index (χ3v) is 5.80. The van der Waals surface area contributed by atoms with E-state index < -0.39 is 5.97 Å². The molecule has 4 atom stereocenters. The van der Waals surface area contributed by atoms with E-state index in [4.69, 9.17) is 0 Å². The Labute approximate surface area is 117 Å². The molecule has 2 aliphatic carbocycles. The van der Waals surface area contributed by atoms with Crippen LogP contribution in [-0.2, 0) is 4.79 Å². The average Bonchev–Trinajstić information content (AvgIpc) is 3.14. The van der Waals surface area contributed by atoms with E-state index >= 15 is 0 Å². The molecule has 2 N–H and O–H groups in total. The summed E-state index contributed by atoms with van der Waals surface area (Å²) in [6.07, 6.45) is 5.74. The third kappa shape index (κ3) is 2.96. The Morgan fingerprint density at radius 2 is 1.95 bits per heavy atom. The number of carboxylic acid groups (broad SMARTS) is 1. The highest BCUT2D eigenvalue weighted by molar-refractivity contribution is 5.71. The van der Waals surface area contributed by atoms with Gasteiger partial charge in [0.05, 0.1) is 5.92 Å². The van der Waals surface area contributed by atoms with Gasteiger partial charge in [0.15, 0.2) is 0 Å². The van der Waals surface area contributed by atoms with E-state index in [0.717, 1.165) is 18.8 Å². The lowest BCUT2D eigenvalue weighted by Crippen LogP contribution is -2.53. The van der Waals surface area contributed by atoms with Crippen LogP contribution in [0.3, 0.4) is 0 Å². The highest BCUT2D eigenvalue weighted by Crippen LogP contribution is 2.46. The fourth-order valence-electron chi connectivity index (χ4n) is 3.83. The fourth-order valence-corrected chi connectivity index (χ4v) is 3.83. The number of carboxylic acids is 1. The molecule has 3 nitrogen and oxygen atoms in total. The summed E-state index contributed by atoms with van der Waals surface area (Å²) >= 11 is 0. The van der Waals surface area contributed by atoms with E-state index in [1.807, 2.05) is 0 Å². The second-order valence-corrected chi connectivity index (χ2v) is 7.20. The molecule has 0 spiro atoms. The molecule has 0 radical (unpaired) electrons. The highest BCUT2D eigenvalue weighted by atomic mass is 16.4. The number of aliphatic carboxylic acids is 1. The van der Waals surface area contributed by atoms with Crippen LogP contribution in [0.1, 0.15) is 59.8 Å². The zero-order valence-corrected chi connectivity index (χ0v) is 12.8. The van der Waals surface area contributed by atoms with Gasteiger partial charge in [-0.05, 0) is 49.4 Å². The predicted octanol–water partition coefficient (Wildman–Crippen LogP) is 3.29. The van der Waals surface area contributed by atoms with Gasteiger partial charge < -0.3 is 10.4 Å². The SMILES string of the molecule is CCC(NC1CCC(C(=O)O)C(C)(C)C1C)C1CC1. The van der Waals surface area contributed by atoms with Crippen LogP contribution in [0.2, 0.25) is 0 Å². The molecule has 4 unspecified atom stereocenters. The Balaban J connectivity index is 2.02. The first-order chi connectivity index (χ1) is 8.87. The van der Waals surface area contributed by atoms with E-state index in [0.29, 0.717) is 18.0 Å². The van der Waals surface area contributed by atoms with Crippen LogP contribution in [0.4, 0.5) is 0 Å². The normalized spacial score (nSPS) is 35.9. The van der Waals surface area contributed by atoms with Crippen LogP contribution in [0.15, 0.2) is 0 Å². The van der Waals surface area contributed by atoms with E-state index in [2.05, 4.69) is 33.0 Å². The Hall–Kier alpha value is -0.570. The molecule has 2 fully saturated rings. The van der Waals surface area contributed by atoms with E-state index in [1.54, 1.807) is 0 Å². The Bertz CT molecular complexity index is 336. The lowest BCUT2D eigenvalue weighted by molar-refractivity contribution is -0.150. The Kier molecular flexibility index (Phi) is 4.24. The molecule has 2 aliphatic rings. The van der Waals surface area contributed by atoms with Gasteiger partial charge in [-0.25, -0.2) is 0 Å². The summed E-state index contributed by atoms with van der Waals surface area (Å²) in [4.78, 5) is 11.4. The van der Waals surface area contributed by atoms with Gasteiger partial charge in [-0.15, -0.1) is 0 Å². The summed E-state index contributed by atoms with van der Waals surface area (Å²) in [7, 11) is 0. The lowest BCUT2D eigenvalue weighted by Gasteiger charge is -2.47. The van der Waals surface area contributed by atoms with Crippen molar-refractivity contribution in [2.75, 3.05) is 0 Å². The molecule has 0 aromatic carbocycles. The molecule has 0 amide bonds. The molecule has 0 heterocycles. The average molecular weight is 267 g/mol. The van der Waals surface area contributed by atoms with Crippen molar-refractivity contribution in [3.05, 3.63) is 0 Å². The summed E-state index contributed by atoms with van der Waals surface area (Å²) in [6, 6.07) is 1.13. The zero-order chi connectivity index (χ0) is 14.2. The van der Waals surface area contributed by atoms with Gasteiger partial charge in [0.25, 0.3) is 0 Å². The van der Waals surface area contributed by atoms with Crippen molar-refractivity contribution < 1.29 is 9.90 Å². The summed E-state index contributed by atoms with van der Waals surface area (Å²) < 4.78 is 0. The number of hydrogen-bond acceptors (Lipinski definition) is 2. The molecule has 19 heavy (non-hydrogen) atoms. The molecule has 2 saturated carbocycles. The third-order valence-electron chi connectivity index (χ3n) is 5.80. The summed E-state index contributed by atoms with van der Waals surface area (Å²) in [6.45, 7) is 8.74. The van der Waals surface area contributed by atoms with Crippen molar-refractivity contribution in [1.29, 1.82) is 0 Å². The quantitative estimate of drug-likeness (QED) is 0.803. The first-order valence-electron chi connectivity index (χ1n) is 7.86. The zero-order valence-electron chi connectivity index (χ0n) is 12.8. The van der Waals surface area contributed by atoms with Crippen molar-refractivity contribution >= 4 is 5.97 Å². The van der Waals surface area contributed by atoms with Crippen molar-refractivity contribution in [2.24, 2.45) is 23.2 Å². The van der Waals surface area contributed by atoms with Gasteiger partial charge in [-0.2, -0.15) is 0 Å². The highest BCUT2D eigenvalue weighted by Gasteiger charge is 2.47. The first-order valence-corrected chi connectivity index (χ1v) is 7.86. The second kappa shape index (κ2) is 5.43. The van der Waals surface area contributed by atoms with E-state index in [1.165, 1.54) is 19.3 Å². The topological polar surface area (TPSA) is 49.3 Å². The largest absolute Gasteiger partial charge is 0.481 e. The molecule has 0 aromatic heterocycles. The molecule has 3 heteroatoms. The monoisotopic (exact) mass is 267 g/mol. The number of nitrogens with one attached hydrogen (secondary N) is 1. The number of hydrogen-bond donors (Lipinski definition) is 2. The van der Waals surface area contributed by atoms with Crippen LogP contribution in [-0.4, -0.2) is 23.2 Å². The fraction of sp³-hybridized carbons (Fsp3) is 0.938. The molecular formula is C16H29NO2. The predicted molar refractivity (Wildman–Crippen MR) is 77.0 cm³/mol. The van der Waals surface area contributed by atoms with Gasteiger partial charge in [0.1, 0.15) is 0 Å². The van der Waals surface area contributed by atoms with Gasteiger partial charge in [0, 0.05) is 12.1 Å². The number of rotatable bonds is 5. The smallest absolute Gasteiger partial charge is 0.307 e. The van der Waals surface area contributed by atoms with E-state index in [-0.39, 0.29) is 11.3 Å². The molecular weight excluding hydrogens is 238 g/mol. The van der Waals surface area contributed by atoms with Gasteiger partial charge >= 0.3 is 5.97 Å². The molecule has 110 valence electrons. The minimum atomic E-state index is -0.621. The van der Waals surface area contributed by atoms with Crippen LogP contribution < -0.4 is 5.32 Å². The van der Waals surface area contributed by atoms with Crippen molar-refractivity contribution in [1.82, 2.24) is 5.32 Å². The van der Waals surface area contributed by atoms with Crippen LogP contribution in [0, 0.1) is 23.2 Å². The summed E-state index contributed by atoms with van der Waals surface area (Å²) in [5.74, 6) is 0.471. The maximum Gasteiger partial charge on any atom is 0.307 e. The Morgan fingerprint density at radius 1 is 1.32 bits per heavy atom. The maximum absolute atomic E-state index is 11.4. The minimum Gasteiger partial charge on any atom is -0.481 e. The standard InChI is InChI=1S/C16H29NO2/c1-5-13(11-6-7-11)17-14-9-8-12(15(18)19)16(3,4)10(14)2/h10-14,17H,5-9H2,1-4H3,(H,18,19). The molecule has 0 aliphatic heterocycles. The van der Waals surface area contributed by atoms with Crippen molar-refractivity contribution in [2.45, 2.75) is 71.9 Å².